The van der Waals surface area contributed by atoms with E-state index in [2.05, 4.69) is 30.4 Å². The van der Waals surface area contributed by atoms with Gasteiger partial charge in [-0.15, -0.1) is 5.10 Å². The first-order valence-corrected chi connectivity index (χ1v) is 8.13. The lowest BCUT2D eigenvalue weighted by molar-refractivity contribution is -0.141. The van der Waals surface area contributed by atoms with Crippen LogP contribution in [-0.4, -0.2) is 39.6 Å². The highest BCUT2D eigenvalue weighted by molar-refractivity contribution is 5.87. The molecule has 4 aromatic heterocycles. The zero-order valence-electron chi connectivity index (χ0n) is 13.6. The monoisotopic (exact) mass is 362 g/mol. The molecule has 0 aliphatic heterocycles. The van der Waals surface area contributed by atoms with E-state index in [0.29, 0.717) is 28.2 Å². The molecule has 0 radical (unpaired) electrons. The molecule has 4 heterocycles. The molecule has 0 bridgehead atoms. The van der Waals surface area contributed by atoms with E-state index in [1.165, 1.54) is 15.5 Å². The van der Waals surface area contributed by atoms with Gasteiger partial charge in [-0.1, -0.05) is 0 Å². The Morgan fingerprint density at radius 2 is 2.08 bits per heavy atom. The Labute approximate surface area is 144 Å². The molecule has 11 heteroatoms. The quantitative estimate of drug-likeness (QED) is 0.605. The number of halogens is 3. The lowest BCUT2D eigenvalue weighted by atomic mass is 10.2. The normalized spacial score (nSPS) is 16.6. The van der Waals surface area contributed by atoms with Crippen molar-refractivity contribution < 1.29 is 13.2 Å². The first-order chi connectivity index (χ1) is 12.4. The summed E-state index contributed by atoms with van der Waals surface area (Å²) in [6.45, 7) is 1.74. The van der Waals surface area contributed by atoms with Gasteiger partial charge in [0.25, 0.3) is 0 Å². The van der Waals surface area contributed by atoms with Crippen LogP contribution < -0.4 is 0 Å². The van der Waals surface area contributed by atoms with E-state index in [4.69, 9.17) is 0 Å². The summed E-state index contributed by atoms with van der Waals surface area (Å²) >= 11 is 0. The van der Waals surface area contributed by atoms with Crippen LogP contribution in [0.25, 0.3) is 16.7 Å². The standard InChI is InChI=1S/C15H13F3N8/c1-7(26-10(8-2-3-8)4-11(23-26)15(16,17)18)12-21-14-9-5-20-22-13(9)19-6-25(14)24-12/h4-8H,2-3H2,1H3,(H,20,22)/t7-/m0/s1. The molecule has 8 nitrogen and oxygen atoms in total. The van der Waals surface area contributed by atoms with Crippen molar-refractivity contribution in [1.29, 1.82) is 0 Å². The van der Waals surface area contributed by atoms with Crippen LogP contribution in [0, 0.1) is 0 Å². The fourth-order valence-electron chi connectivity index (χ4n) is 3.09. The molecular formula is C15H13F3N8. The number of aromatic amines is 1. The predicted octanol–water partition coefficient (Wildman–Crippen LogP) is 2.70. The molecule has 1 aliphatic carbocycles. The van der Waals surface area contributed by atoms with Crippen LogP contribution >= 0.6 is 0 Å². The van der Waals surface area contributed by atoms with E-state index >= 15 is 0 Å². The maximum atomic E-state index is 13.1. The van der Waals surface area contributed by atoms with Crippen molar-refractivity contribution in [3.63, 3.8) is 0 Å². The maximum Gasteiger partial charge on any atom is 0.435 e. The van der Waals surface area contributed by atoms with Crippen molar-refractivity contribution in [1.82, 2.24) is 39.6 Å². The SMILES string of the molecule is C[C@@H](c1nc2c3cn[nH]c3ncn2n1)n1nc(C(F)(F)F)cc1C1CC1. The highest BCUT2D eigenvalue weighted by Crippen LogP contribution is 2.43. The number of nitrogens with zero attached hydrogens (tertiary/aromatic N) is 7. The fourth-order valence-corrected chi connectivity index (χ4v) is 3.09. The topological polar surface area (TPSA) is 89.6 Å². The Hall–Kier alpha value is -2.98. The fraction of sp³-hybridized carbons (Fsp3) is 0.400. The minimum Gasteiger partial charge on any atom is -0.261 e. The molecule has 1 aliphatic rings. The van der Waals surface area contributed by atoms with Crippen molar-refractivity contribution >= 4 is 16.7 Å². The first kappa shape index (κ1) is 15.3. The number of hydrogen-bond donors (Lipinski definition) is 1. The number of hydrogen-bond acceptors (Lipinski definition) is 5. The second-order valence-corrected chi connectivity index (χ2v) is 6.46. The van der Waals surface area contributed by atoms with Crippen LogP contribution in [0.3, 0.4) is 0 Å². The number of rotatable bonds is 3. The maximum absolute atomic E-state index is 13.1. The van der Waals surface area contributed by atoms with E-state index in [1.54, 1.807) is 13.1 Å². The van der Waals surface area contributed by atoms with Crippen LogP contribution in [0.5, 0.6) is 0 Å². The van der Waals surface area contributed by atoms with Gasteiger partial charge in [0.2, 0.25) is 0 Å². The predicted molar refractivity (Wildman–Crippen MR) is 83.5 cm³/mol. The number of alkyl halides is 3. The Kier molecular flexibility index (Phi) is 2.95. The van der Waals surface area contributed by atoms with Crippen LogP contribution in [-0.2, 0) is 6.18 Å². The first-order valence-electron chi connectivity index (χ1n) is 8.13. The Morgan fingerprint density at radius 1 is 1.27 bits per heavy atom. The van der Waals surface area contributed by atoms with Crippen molar-refractivity contribution in [3.05, 3.63) is 35.8 Å². The summed E-state index contributed by atoms with van der Waals surface area (Å²) in [6.07, 6.45) is 0.340. The summed E-state index contributed by atoms with van der Waals surface area (Å²) in [5, 5.41) is 15.5. The second kappa shape index (κ2) is 5.02. The van der Waals surface area contributed by atoms with Crippen molar-refractivity contribution in [2.45, 2.75) is 37.9 Å². The molecule has 0 spiro atoms. The van der Waals surface area contributed by atoms with Crippen molar-refractivity contribution in [2.75, 3.05) is 0 Å². The van der Waals surface area contributed by atoms with E-state index in [1.807, 2.05) is 0 Å². The van der Waals surface area contributed by atoms with Crippen LogP contribution in [0.2, 0.25) is 0 Å². The summed E-state index contributed by atoms with van der Waals surface area (Å²) in [5.74, 6) is 0.486. The molecule has 0 saturated heterocycles. The average molecular weight is 362 g/mol. The van der Waals surface area contributed by atoms with E-state index < -0.39 is 17.9 Å². The Bertz CT molecular complexity index is 1120. The highest BCUT2D eigenvalue weighted by atomic mass is 19.4. The van der Waals surface area contributed by atoms with Gasteiger partial charge in [-0.3, -0.25) is 9.78 Å². The minimum absolute atomic E-state index is 0.111. The summed E-state index contributed by atoms with van der Waals surface area (Å²) in [7, 11) is 0. The number of fused-ring (bicyclic) bond motifs is 3. The lowest BCUT2D eigenvalue weighted by Crippen LogP contribution is -2.15. The van der Waals surface area contributed by atoms with Crippen molar-refractivity contribution in [2.24, 2.45) is 0 Å². The third kappa shape index (κ3) is 2.26. The lowest BCUT2D eigenvalue weighted by Gasteiger charge is -2.12. The molecule has 1 fully saturated rings. The molecular weight excluding hydrogens is 349 g/mol. The largest absolute Gasteiger partial charge is 0.435 e. The van der Waals surface area contributed by atoms with E-state index in [-0.39, 0.29) is 5.92 Å². The molecule has 134 valence electrons. The van der Waals surface area contributed by atoms with Crippen LogP contribution in [0.15, 0.2) is 18.6 Å². The van der Waals surface area contributed by atoms with Gasteiger partial charge >= 0.3 is 6.18 Å². The number of aromatic nitrogens is 8. The summed E-state index contributed by atoms with van der Waals surface area (Å²) in [6, 6.07) is 0.600. The van der Waals surface area contributed by atoms with Gasteiger partial charge in [-0.05, 0) is 25.8 Å². The average Bonchev–Trinajstić information content (AvgIpc) is 3.04. The third-order valence-corrected chi connectivity index (χ3v) is 4.60. The molecule has 1 saturated carbocycles. The van der Waals surface area contributed by atoms with Gasteiger partial charge in [0.15, 0.2) is 22.8 Å². The summed E-state index contributed by atoms with van der Waals surface area (Å²) in [4.78, 5) is 8.67. The van der Waals surface area contributed by atoms with Gasteiger partial charge in [-0.2, -0.15) is 23.4 Å². The van der Waals surface area contributed by atoms with Crippen molar-refractivity contribution in [3.8, 4) is 0 Å². The van der Waals surface area contributed by atoms with E-state index in [9.17, 15) is 13.2 Å². The van der Waals surface area contributed by atoms with E-state index in [0.717, 1.165) is 18.9 Å². The molecule has 1 N–H and O–H groups in total. The minimum atomic E-state index is -4.48. The van der Waals surface area contributed by atoms with Gasteiger partial charge in [0.1, 0.15) is 12.4 Å². The molecule has 1 atom stereocenters. The third-order valence-electron chi connectivity index (χ3n) is 4.60. The molecule has 0 aromatic carbocycles. The number of H-pyrrole nitrogens is 1. The molecule has 5 rings (SSSR count). The van der Waals surface area contributed by atoms with Gasteiger partial charge in [-0.25, -0.2) is 14.5 Å². The highest BCUT2D eigenvalue weighted by Gasteiger charge is 2.39. The zero-order valence-corrected chi connectivity index (χ0v) is 13.6. The number of nitrogens with one attached hydrogen (secondary N) is 1. The summed E-state index contributed by atoms with van der Waals surface area (Å²) < 4.78 is 42.2. The van der Waals surface area contributed by atoms with Crippen LogP contribution in [0.1, 0.15) is 48.9 Å². The Morgan fingerprint density at radius 3 is 2.81 bits per heavy atom. The summed E-state index contributed by atoms with van der Waals surface area (Å²) in [5.41, 5.74) is 0.812. The molecule has 4 aromatic rings. The van der Waals surface area contributed by atoms with Crippen LogP contribution in [0.4, 0.5) is 13.2 Å². The van der Waals surface area contributed by atoms with Gasteiger partial charge < -0.3 is 0 Å². The molecule has 0 unspecified atom stereocenters. The molecule has 26 heavy (non-hydrogen) atoms. The Balaban J connectivity index is 1.62. The van der Waals surface area contributed by atoms with Gasteiger partial charge in [0.05, 0.1) is 11.6 Å². The molecule has 0 amide bonds. The van der Waals surface area contributed by atoms with Gasteiger partial charge in [0, 0.05) is 11.6 Å². The second-order valence-electron chi connectivity index (χ2n) is 6.46. The zero-order chi connectivity index (χ0) is 18.1. The smallest absolute Gasteiger partial charge is 0.261 e.